The first-order valence-electron chi connectivity index (χ1n) is 7.72. The van der Waals surface area contributed by atoms with E-state index in [1.807, 2.05) is 6.92 Å². The third kappa shape index (κ3) is 2.59. The SMILES string of the molecule is CCNC(=O)N1CCc2cc(S(=O)(=O)N3CCCC3)ccc21. The molecule has 1 fully saturated rings. The molecule has 120 valence electrons. The Bertz CT molecular complexity index is 681. The summed E-state index contributed by atoms with van der Waals surface area (Å²) < 4.78 is 26.7. The molecule has 1 aromatic rings. The van der Waals surface area contributed by atoms with Crippen LogP contribution in [0.1, 0.15) is 25.3 Å². The van der Waals surface area contributed by atoms with E-state index in [4.69, 9.17) is 0 Å². The second kappa shape index (κ2) is 5.89. The van der Waals surface area contributed by atoms with Crippen molar-refractivity contribution in [2.45, 2.75) is 31.1 Å². The molecule has 0 bridgehead atoms. The predicted molar refractivity (Wildman–Crippen MR) is 84.6 cm³/mol. The number of nitrogens with one attached hydrogen (secondary N) is 1. The smallest absolute Gasteiger partial charge is 0.321 e. The topological polar surface area (TPSA) is 69.7 Å². The third-order valence-corrected chi connectivity index (χ3v) is 6.12. The number of anilines is 1. The van der Waals surface area contributed by atoms with Crippen molar-refractivity contribution in [3.63, 3.8) is 0 Å². The summed E-state index contributed by atoms with van der Waals surface area (Å²) in [5.74, 6) is 0. The van der Waals surface area contributed by atoms with Crippen LogP contribution in [0.5, 0.6) is 0 Å². The van der Waals surface area contributed by atoms with Gasteiger partial charge in [0.2, 0.25) is 10.0 Å². The summed E-state index contributed by atoms with van der Waals surface area (Å²) in [6.45, 7) is 4.25. The van der Waals surface area contributed by atoms with E-state index in [1.54, 1.807) is 27.4 Å². The lowest BCUT2D eigenvalue weighted by Gasteiger charge is -2.19. The summed E-state index contributed by atoms with van der Waals surface area (Å²) in [6, 6.07) is 4.96. The number of hydrogen-bond acceptors (Lipinski definition) is 3. The van der Waals surface area contributed by atoms with Gasteiger partial charge in [0.1, 0.15) is 0 Å². The van der Waals surface area contributed by atoms with Gasteiger partial charge in [0, 0.05) is 31.9 Å². The van der Waals surface area contributed by atoms with Crippen LogP contribution in [0.3, 0.4) is 0 Å². The minimum absolute atomic E-state index is 0.128. The van der Waals surface area contributed by atoms with Gasteiger partial charge in [0.15, 0.2) is 0 Å². The molecule has 3 rings (SSSR count). The van der Waals surface area contributed by atoms with E-state index in [0.29, 0.717) is 37.5 Å². The minimum atomic E-state index is -3.39. The Hall–Kier alpha value is -1.60. The molecule has 0 saturated carbocycles. The molecule has 0 spiro atoms. The Labute approximate surface area is 131 Å². The number of amides is 2. The third-order valence-electron chi connectivity index (χ3n) is 4.22. The number of nitrogens with zero attached hydrogens (tertiary/aromatic N) is 2. The van der Waals surface area contributed by atoms with Crippen LogP contribution >= 0.6 is 0 Å². The maximum atomic E-state index is 12.6. The highest BCUT2D eigenvalue weighted by atomic mass is 32.2. The lowest BCUT2D eigenvalue weighted by Crippen LogP contribution is -2.38. The van der Waals surface area contributed by atoms with Crippen molar-refractivity contribution < 1.29 is 13.2 Å². The molecule has 1 aromatic carbocycles. The number of rotatable bonds is 3. The van der Waals surface area contributed by atoms with Crippen molar-refractivity contribution in [3.8, 4) is 0 Å². The average Bonchev–Trinajstić information content (AvgIpc) is 3.16. The maximum absolute atomic E-state index is 12.6. The van der Waals surface area contributed by atoms with Crippen LogP contribution in [-0.2, 0) is 16.4 Å². The van der Waals surface area contributed by atoms with E-state index in [2.05, 4.69) is 5.32 Å². The van der Waals surface area contributed by atoms with Gasteiger partial charge in [-0.3, -0.25) is 4.90 Å². The van der Waals surface area contributed by atoms with Gasteiger partial charge >= 0.3 is 6.03 Å². The molecule has 0 aromatic heterocycles. The fourth-order valence-corrected chi connectivity index (χ4v) is 4.64. The summed E-state index contributed by atoms with van der Waals surface area (Å²) in [7, 11) is -3.39. The van der Waals surface area contributed by atoms with Crippen LogP contribution in [0.15, 0.2) is 23.1 Å². The zero-order valence-corrected chi connectivity index (χ0v) is 13.5. The Kier molecular flexibility index (Phi) is 4.10. The van der Waals surface area contributed by atoms with Crippen molar-refractivity contribution in [3.05, 3.63) is 23.8 Å². The van der Waals surface area contributed by atoms with Crippen molar-refractivity contribution in [2.24, 2.45) is 0 Å². The van der Waals surface area contributed by atoms with Gasteiger partial charge < -0.3 is 5.32 Å². The number of urea groups is 1. The number of carbonyl (C=O) groups excluding carboxylic acids is 1. The van der Waals surface area contributed by atoms with Crippen LogP contribution in [-0.4, -0.2) is 44.9 Å². The Morgan fingerprint density at radius 2 is 1.95 bits per heavy atom. The summed E-state index contributed by atoms with van der Waals surface area (Å²) in [6.07, 6.45) is 2.54. The molecule has 2 aliphatic rings. The number of sulfonamides is 1. The predicted octanol–water partition coefficient (Wildman–Crippen LogP) is 1.56. The summed E-state index contributed by atoms with van der Waals surface area (Å²) in [5, 5.41) is 2.78. The first kappa shape index (κ1) is 15.3. The average molecular weight is 323 g/mol. The number of benzene rings is 1. The molecule has 0 aliphatic carbocycles. The molecule has 0 atom stereocenters. The standard InChI is InChI=1S/C15H21N3O3S/c1-2-16-15(19)18-10-7-12-11-13(5-6-14(12)18)22(20,21)17-8-3-4-9-17/h5-6,11H,2-4,7-10H2,1H3,(H,16,19). The molecule has 0 unspecified atom stereocenters. The highest BCUT2D eigenvalue weighted by Gasteiger charge is 2.30. The molecule has 2 heterocycles. The number of carbonyl (C=O) groups is 1. The van der Waals surface area contributed by atoms with E-state index in [-0.39, 0.29) is 6.03 Å². The fraction of sp³-hybridized carbons (Fsp3) is 0.533. The zero-order valence-electron chi connectivity index (χ0n) is 12.7. The molecule has 0 radical (unpaired) electrons. The Morgan fingerprint density at radius 1 is 1.23 bits per heavy atom. The zero-order chi connectivity index (χ0) is 15.7. The highest BCUT2D eigenvalue weighted by molar-refractivity contribution is 7.89. The lowest BCUT2D eigenvalue weighted by molar-refractivity contribution is 0.247. The van der Waals surface area contributed by atoms with Crippen LogP contribution in [0.4, 0.5) is 10.5 Å². The monoisotopic (exact) mass is 323 g/mol. The summed E-state index contributed by atoms with van der Waals surface area (Å²) in [4.78, 5) is 14.0. The van der Waals surface area contributed by atoms with E-state index < -0.39 is 10.0 Å². The molecule has 2 aliphatic heterocycles. The van der Waals surface area contributed by atoms with Gasteiger partial charge in [-0.15, -0.1) is 0 Å². The van der Waals surface area contributed by atoms with Crippen LogP contribution in [0.2, 0.25) is 0 Å². The molecule has 1 N–H and O–H groups in total. The first-order chi connectivity index (χ1) is 10.5. The van der Waals surface area contributed by atoms with Gasteiger partial charge in [-0.25, -0.2) is 13.2 Å². The largest absolute Gasteiger partial charge is 0.338 e. The van der Waals surface area contributed by atoms with Crippen LogP contribution in [0.25, 0.3) is 0 Å². The minimum Gasteiger partial charge on any atom is -0.338 e. The molecule has 22 heavy (non-hydrogen) atoms. The quantitative estimate of drug-likeness (QED) is 0.918. The number of hydrogen-bond donors (Lipinski definition) is 1. The van der Waals surface area contributed by atoms with Crippen molar-refractivity contribution in [1.82, 2.24) is 9.62 Å². The summed E-state index contributed by atoms with van der Waals surface area (Å²) in [5.41, 5.74) is 1.73. The highest BCUT2D eigenvalue weighted by Crippen LogP contribution is 2.31. The van der Waals surface area contributed by atoms with E-state index in [0.717, 1.165) is 24.1 Å². The Balaban J connectivity index is 1.88. The normalized spacial score (nSPS) is 18.5. The van der Waals surface area contributed by atoms with Gasteiger partial charge in [-0.2, -0.15) is 4.31 Å². The molecular weight excluding hydrogens is 302 g/mol. The van der Waals surface area contributed by atoms with E-state index in [9.17, 15) is 13.2 Å². The van der Waals surface area contributed by atoms with Gasteiger partial charge in [-0.1, -0.05) is 0 Å². The second-order valence-electron chi connectivity index (χ2n) is 5.64. The first-order valence-corrected chi connectivity index (χ1v) is 9.16. The molecule has 2 amide bonds. The molecule has 6 nitrogen and oxygen atoms in total. The number of fused-ring (bicyclic) bond motifs is 1. The molecular formula is C15H21N3O3S. The fourth-order valence-electron chi connectivity index (χ4n) is 3.07. The lowest BCUT2D eigenvalue weighted by atomic mass is 10.2. The van der Waals surface area contributed by atoms with Crippen molar-refractivity contribution in [2.75, 3.05) is 31.1 Å². The van der Waals surface area contributed by atoms with Crippen molar-refractivity contribution >= 4 is 21.7 Å². The van der Waals surface area contributed by atoms with Gasteiger partial charge in [0.25, 0.3) is 0 Å². The second-order valence-corrected chi connectivity index (χ2v) is 7.58. The van der Waals surface area contributed by atoms with Crippen LogP contribution in [0, 0.1) is 0 Å². The summed E-state index contributed by atoms with van der Waals surface area (Å²) >= 11 is 0. The van der Waals surface area contributed by atoms with Crippen molar-refractivity contribution in [1.29, 1.82) is 0 Å². The van der Waals surface area contributed by atoms with E-state index >= 15 is 0 Å². The maximum Gasteiger partial charge on any atom is 0.321 e. The van der Waals surface area contributed by atoms with Gasteiger partial charge in [0.05, 0.1) is 4.90 Å². The van der Waals surface area contributed by atoms with E-state index in [1.165, 1.54) is 0 Å². The van der Waals surface area contributed by atoms with Gasteiger partial charge in [-0.05, 0) is 49.9 Å². The molecule has 7 heteroatoms. The molecule has 1 saturated heterocycles. The van der Waals surface area contributed by atoms with Crippen LogP contribution < -0.4 is 10.2 Å². The Morgan fingerprint density at radius 3 is 2.64 bits per heavy atom.